The molecule has 9 heteroatoms. The van der Waals surface area contributed by atoms with Gasteiger partial charge in [0.05, 0.1) is 4.91 Å². The van der Waals surface area contributed by atoms with Gasteiger partial charge in [0, 0.05) is 17.4 Å². The van der Waals surface area contributed by atoms with Crippen LogP contribution in [-0.2, 0) is 14.4 Å². The van der Waals surface area contributed by atoms with E-state index in [-0.39, 0.29) is 18.2 Å². The molecule has 0 aliphatic carbocycles. The molecule has 1 heterocycles. The number of halogens is 1. The van der Waals surface area contributed by atoms with E-state index in [1.807, 2.05) is 30.3 Å². The smallest absolute Gasteiger partial charge is 0.325 e. The summed E-state index contributed by atoms with van der Waals surface area (Å²) >= 11 is 10.0. The lowest BCUT2D eigenvalue weighted by Gasteiger charge is -2.14. The summed E-state index contributed by atoms with van der Waals surface area (Å²) in [6, 6.07) is 6.79. The number of nitrogens with zero attached hydrogens (tertiary/aromatic N) is 1. The second-order valence-corrected chi connectivity index (χ2v) is 8.91. The van der Waals surface area contributed by atoms with E-state index < -0.39 is 12.0 Å². The number of carboxylic acid groups (broad SMARTS) is 1. The third-order valence-electron chi connectivity index (χ3n) is 4.07. The van der Waals surface area contributed by atoms with Gasteiger partial charge in [-0.15, -0.1) is 0 Å². The molecule has 0 radical (unpaired) electrons. The first kappa shape index (κ1) is 22.6. The van der Waals surface area contributed by atoms with Gasteiger partial charge >= 0.3 is 5.97 Å². The summed E-state index contributed by atoms with van der Waals surface area (Å²) in [5.74, 6) is -1.43. The van der Waals surface area contributed by atoms with E-state index in [1.54, 1.807) is 4.90 Å². The van der Waals surface area contributed by atoms with Crippen molar-refractivity contribution in [3.63, 3.8) is 0 Å². The van der Waals surface area contributed by atoms with Crippen LogP contribution < -0.4 is 5.32 Å². The predicted octanol–water partition coefficient (Wildman–Crippen LogP) is 3.80. The minimum absolute atomic E-state index is 0.0917. The van der Waals surface area contributed by atoms with E-state index in [0.29, 0.717) is 22.2 Å². The highest BCUT2D eigenvalue weighted by molar-refractivity contribution is 9.10. The summed E-state index contributed by atoms with van der Waals surface area (Å²) in [6.07, 6.45) is 4.19. The summed E-state index contributed by atoms with van der Waals surface area (Å²) in [5.41, 5.74) is 0.935. The quantitative estimate of drug-likeness (QED) is 0.315. The number of carbonyl (C=O) groups is 3. The molecule has 1 aliphatic rings. The van der Waals surface area contributed by atoms with E-state index in [1.165, 1.54) is 18.7 Å². The number of carbonyl (C=O) groups excluding carboxylic acids is 2. The molecule has 0 bridgehead atoms. The van der Waals surface area contributed by atoms with Crippen LogP contribution in [0, 0.1) is 0 Å². The highest BCUT2D eigenvalue weighted by Crippen LogP contribution is 2.32. The maximum Gasteiger partial charge on any atom is 0.325 e. The van der Waals surface area contributed by atoms with Crippen LogP contribution >= 0.6 is 39.9 Å². The largest absolute Gasteiger partial charge is 0.480 e. The Labute approximate surface area is 181 Å². The lowest BCUT2D eigenvalue weighted by molar-refractivity contribution is -0.141. The monoisotopic (exact) mass is 484 g/mol. The van der Waals surface area contributed by atoms with E-state index in [2.05, 4.69) is 21.2 Å². The maximum atomic E-state index is 12.6. The van der Waals surface area contributed by atoms with Crippen LogP contribution in [0.3, 0.4) is 0 Å². The Morgan fingerprint density at radius 2 is 1.96 bits per heavy atom. The molecule has 0 aromatic heterocycles. The van der Waals surface area contributed by atoms with Gasteiger partial charge in [0.25, 0.3) is 5.91 Å². The standard InChI is InChI=1S/C19H21BrN2O4S2/c1-12(18(25)26)21-16(23)5-3-2-4-10-22-17(24)15(28-19(22)27)11-13-6-8-14(20)9-7-13/h6-9,11-12H,2-5,10H2,1H3,(H,21,23)(H,25,26)/b15-11-. The fourth-order valence-electron chi connectivity index (χ4n) is 2.51. The summed E-state index contributed by atoms with van der Waals surface area (Å²) < 4.78 is 1.52. The van der Waals surface area contributed by atoms with E-state index in [4.69, 9.17) is 17.3 Å². The van der Waals surface area contributed by atoms with Gasteiger partial charge in [0.15, 0.2) is 0 Å². The highest BCUT2D eigenvalue weighted by atomic mass is 79.9. The highest BCUT2D eigenvalue weighted by Gasteiger charge is 2.31. The first-order chi connectivity index (χ1) is 13.3. The van der Waals surface area contributed by atoms with Gasteiger partial charge in [0.1, 0.15) is 10.4 Å². The number of unbranched alkanes of at least 4 members (excludes halogenated alkanes) is 2. The zero-order valence-electron chi connectivity index (χ0n) is 15.3. The number of aliphatic carboxylic acids is 1. The van der Waals surface area contributed by atoms with Crippen molar-refractivity contribution in [3.05, 3.63) is 39.2 Å². The van der Waals surface area contributed by atoms with Crippen molar-refractivity contribution in [1.82, 2.24) is 10.2 Å². The Kier molecular flexibility index (Phi) is 8.65. The van der Waals surface area contributed by atoms with Crippen LogP contribution in [0.2, 0.25) is 0 Å². The number of thiocarbonyl (C=S) groups is 1. The third-order valence-corrected chi connectivity index (χ3v) is 5.98. The molecule has 1 aromatic rings. The SMILES string of the molecule is CC(NC(=O)CCCCCN1C(=O)/C(=C/c2ccc(Br)cc2)SC1=S)C(=O)O. The van der Waals surface area contributed by atoms with Crippen molar-refractivity contribution >= 4 is 68.1 Å². The average molecular weight is 485 g/mol. The second-order valence-electron chi connectivity index (χ2n) is 6.32. The van der Waals surface area contributed by atoms with Crippen LogP contribution in [-0.4, -0.2) is 44.7 Å². The van der Waals surface area contributed by atoms with Gasteiger partial charge < -0.3 is 10.4 Å². The molecule has 1 aromatic carbocycles. The number of rotatable bonds is 9. The number of thioether (sulfide) groups is 1. The first-order valence-corrected chi connectivity index (χ1v) is 10.8. The van der Waals surface area contributed by atoms with Gasteiger partial charge in [-0.1, -0.05) is 58.5 Å². The molecule has 2 amide bonds. The van der Waals surface area contributed by atoms with Crippen molar-refractivity contribution in [2.75, 3.05) is 6.54 Å². The molecule has 2 N–H and O–H groups in total. The lowest BCUT2D eigenvalue weighted by Crippen LogP contribution is -2.38. The fraction of sp³-hybridized carbons (Fsp3) is 0.368. The molecular formula is C19H21BrN2O4S2. The molecule has 1 saturated heterocycles. The van der Waals surface area contributed by atoms with Crippen molar-refractivity contribution in [3.8, 4) is 0 Å². The summed E-state index contributed by atoms with van der Waals surface area (Å²) in [6.45, 7) is 1.94. The Morgan fingerprint density at radius 1 is 1.29 bits per heavy atom. The Balaban J connectivity index is 1.76. The zero-order chi connectivity index (χ0) is 20.7. The number of hydrogen-bond acceptors (Lipinski definition) is 5. The van der Waals surface area contributed by atoms with E-state index >= 15 is 0 Å². The molecule has 1 atom stereocenters. The molecular weight excluding hydrogens is 464 g/mol. The molecule has 6 nitrogen and oxygen atoms in total. The maximum absolute atomic E-state index is 12.6. The number of hydrogen-bond donors (Lipinski definition) is 2. The molecule has 0 saturated carbocycles. The van der Waals surface area contributed by atoms with Gasteiger partial charge in [-0.25, -0.2) is 0 Å². The number of benzene rings is 1. The van der Waals surface area contributed by atoms with Gasteiger partial charge in [-0.3, -0.25) is 19.3 Å². The van der Waals surface area contributed by atoms with Gasteiger partial charge in [0.2, 0.25) is 5.91 Å². The van der Waals surface area contributed by atoms with Crippen LogP contribution in [0.25, 0.3) is 6.08 Å². The minimum Gasteiger partial charge on any atom is -0.480 e. The molecule has 150 valence electrons. The van der Waals surface area contributed by atoms with Gasteiger partial charge in [-0.2, -0.15) is 0 Å². The first-order valence-electron chi connectivity index (χ1n) is 8.81. The lowest BCUT2D eigenvalue weighted by atomic mass is 10.1. The second kappa shape index (κ2) is 10.7. The molecule has 0 spiro atoms. The van der Waals surface area contributed by atoms with Crippen LogP contribution in [0.15, 0.2) is 33.6 Å². The van der Waals surface area contributed by atoms with E-state index in [0.717, 1.165) is 22.9 Å². The summed E-state index contributed by atoms with van der Waals surface area (Å²) in [7, 11) is 0. The van der Waals surface area contributed by atoms with Crippen LogP contribution in [0.1, 0.15) is 38.2 Å². The van der Waals surface area contributed by atoms with Crippen molar-refractivity contribution < 1.29 is 19.5 Å². The van der Waals surface area contributed by atoms with E-state index in [9.17, 15) is 14.4 Å². The number of carboxylic acids is 1. The Bertz CT molecular complexity index is 796. The Hall–Kier alpha value is -1.71. The minimum atomic E-state index is -1.06. The van der Waals surface area contributed by atoms with Crippen molar-refractivity contribution in [2.45, 2.75) is 38.6 Å². The molecule has 1 unspecified atom stereocenters. The average Bonchev–Trinajstić information content (AvgIpc) is 2.90. The topological polar surface area (TPSA) is 86.7 Å². The van der Waals surface area contributed by atoms with Crippen molar-refractivity contribution in [1.29, 1.82) is 0 Å². The molecule has 2 rings (SSSR count). The summed E-state index contributed by atoms with van der Waals surface area (Å²) in [5, 5.41) is 11.2. The zero-order valence-corrected chi connectivity index (χ0v) is 18.5. The van der Waals surface area contributed by atoms with Crippen LogP contribution in [0.4, 0.5) is 0 Å². The fourth-order valence-corrected chi connectivity index (χ4v) is 4.08. The number of amides is 2. The molecule has 1 aliphatic heterocycles. The third kappa shape index (κ3) is 6.72. The predicted molar refractivity (Wildman–Crippen MR) is 118 cm³/mol. The molecule has 1 fully saturated rings. The normalized spacial score (nSPS) is 16.5. The molecule has 28 heavy (non-hydrogen) atoms. The Morgan fingerprint density at radius 3 is 2.61 bits per heavy atom. The van der Waals surface area contributed by atoms with Crippen molar-refractivity contribution in [2.24, 2.45) is 0 Å². The van der Waals surface area contributed by atoms with Crippen LogP contribution in [0.5, 0.6) is 0 Å². The summed E-state index contributed by atoms with van der Waals surface area (Å²) in [4.78, 5) is 37.1. The number of nitrogens with one attached hydrogen (secondary N) is 1. The van der Waals surface area contributed by atoms with Gasteiger partial charge in [-0.05, 0) is 43.5 Å².